The maximum Gasteiger partial charge on any atom is 0.302 e. The first-order chi connectivity index (χ1) is 7.13. The number of aliphatic hydroxyl groups excluding tert-OH is 1. The maximum absolute atomic E-state index is 10.7. The number of hydrogen-bond acceptors (Lipinski definition) is 3. The van der Waals surface area contributed by atoms with Crippen LogP contribution >= 0.6 is 0 Å². The lowest BCUT2D eigenvalue weighted by molar-refractivity contribution is -0.143. The molecule has 0 spiro atoms. The second kappa shape index (κ2) is 6.11. The Labute approximate surface area is 91.8 Å². The van der Waals surface area contributed by atoms with Crippen molar-refractivity contribution in [1.82, 2.24) is 0 Å². The number of aliphatic hydroxyl groups is 1. The summed E-state index contributed by atoms with van der Waals surface area (Å²) in [5.41, 5.74) is 0. The molecule has 1 N–H and O–H groups in total. The number of carbonyl (C=O) groups is 1. The Kier molecular flexibility index (Phi) is 5.09. The van der Waals surface area contributed by atoms with Crippen LogP contribution in [0.1, 0.15) is 46.0 Å². The highest BCUT2D eigenvalue weighted by atomic mass is 16.5. The molecule has 3 heteroatoms. The monoisotopic (exact) mass is 214 g/mol. The molecule has 1 aliphatic rings. The van der Waals surface area contributed by atoms with Crippen LogP contribution in [0.4, 0.5) is 0 Å². The minimum atomic E-state index is -0.201. The summed E-state index contributed by atoms with van der Waals surface area (Å²) >= 11 is 0. The zero-order valence-electron chi connectivity index (χ0n) is 9.74. The highest BCUT2D eigenvalue weighted by molar-refractivity contribution is 5.65. The van der Waals surface area contributed by atoms with E-state index in [1.54, 1.807) is 0 Å². The average Bonchev–Trinajstić information content (AvgIpc) is 2.25. The van der Waals surface area contributed by atoms with Gasteiger partial charge in [0.1, 0.15) is 0 Å². The summed E-state index contributed by atoms with van der Waals surface area (Å²) < 4.78 is 5.02. The third-order valence-corrected chi connectivity index (χ3v) is 3.31. The molecule has 1 aliphatic carbocycles. The first-order valence-electron chi connectivity index (χ1n) is 5.95. The summed E-state index contributed by atoms with van der Waals surface area (Å²) in [5, 5.41) is 9.77. The van der Waals surface area contributed by atoms with Crippen LogP contribution in [0, 0.1) is 11.8 Å². The molecule has 0 aromatic carbocycles. The van der Waals surface area contributed by atoms with E-state index >= 15 is 0 Å². The van der Waals surface area contributed by atoms with Crippen LogP contribution in [0.25, 0.3) is 0 Å². The van der Waals surface area contributed by atoms with Gasteiger partial charge in [-0.25, -0.2) is 0 Å². The second-order valence-electron chi connectivity index (χ2n) is 4.57. The van der Waals surface area contributed by atoms with E-state index in [0.29, 0.717) is 18.4 Å². The molecule has 15 heavy (non-hydrogen) atoms. The number of ether oxygens (including phenoxy) is 1. The Hall–Kier alpha value is -0.570. The summed E-state index contributed by atoms with van der Waals surface area (Å²) in [6.07, 6.45) is 5.04. The quantitative estimate of drug-likeness (QED) is 0.729. The predicted molar refractivity (Wildman–Crippen MR) is 58.4 cm³/mol. The fourth-order valence-corrected chi connectivity index (χ4v) is 2.40. The van der Waals surface area contributed by atoms with Crippen LogP contribution in [-0.4, -0.2) is 23.8 Å². The van der Waals surface area contributed by atoms with Gasteiger partial charge in [-0.1, -0.05) is 13.3 Å². The largest absolute Gasteiger partial charge is 0.466 e. The summed E-state index contributed by atoms with van der Waals surface area (Å²) in [6.45, 7) is 3.99. The van der Waals surface area contributed by atoms with Gasteiger partial charge in [0.05, 0.1) is 12.7 Å². The van der Waals surface area contributed by atoms with Crippen molar-refractivity contribution in [2.45, 2.75) is 52.1 Å². The second-order valence-corrected chi connectivity index (χ2v) is 4.57. The zero-order valence-corrected chi connectivity index (χ0v) is 9.74. The maximum atomic E-state index is 10.7. The topological polar surface area (TPSA) is 46.5 Å². The molecule has 0 bridgehead atoms. The molecule has 3 atom stereocenters. The minimum Gasteiger partial charge on any atom is -0.466 e. The summed E-state index contributed by atoms with van der Waals surface area (Å²) in [6, 6.07) is 0. The molecule has 0 saturated heterocycles. The van der Waals surface area contributed by atoms with Gasteiger partial charge in [-0.15, -0.1) is 0 Å². The smallest absolute Gasteiger partial charge is 0.302 e. The first kappa shape index (κ1) is 12.5. The van der Waals surface area contributed by atoms with E-state index in [9.17, 15) is 9.90 Å². The van der Waals surface area contributed by atoms with Gasteiger partial charge in [0, 0.05) is 6.92 Å². The normalized spacial score (nSPS) is 28.5. The summed E-state index contributed by atoms with van der Waals surface area (Å²) in [7, 11) is 0. The Morgan fingerprint density at radius 2 is 2.27 bits per heavy atom. The molecule has 0 radical (unpaired) electrons. The number of esters is 1. The molecule has 0 aliphatic heterocycles. The minimum absolute atomic E-state index is 0.176. The van der Waals surface area contributed by atoms with Crippen molar-refractivity contribution in [3.8, 4) is 0 Å². The van der Waals surface area contributed by atoms with Gasteiger partial charge < -0.3 is 9.84 Å². The molecule has 88 valence electrons. The van der Waals surface area contributed by atoms with Gasteiger partial charge in [0.25, 0.3) is 0 Å². The Morgan fingerprint density at radius 1 is 1.53 bits per heavy atom. The van der Waals surface area contributed by atoms with E-state index in [2.05, 4.69) is 0 Å². The highest BCUT2D eigenvalue weighted by Crippen LogP contribution is 2.32. The van der Waals surface area contributed by atoms with Crippen LogP contribution in [0.3, 0.4) is 0 Å². The number of rotatable bonds is 4. The van der Waals surface area contributed by atoms with E-state index in [0.717, 1.165) is 32.1 Å². The fourth-order valence-electron chi connectivity index (χ4n) is 2.40. The summed E-state index contributed by atoms with van der Waals surface area (Å²) in [4.78, 5) is 10.7. The van der Waals surface area contributed by atoms with Gasteiger partial charge in [-0.3, -0.25) is 4.79 Å². The lowest BCUT2D eigenvalue weighted by atomic mass is 9.78. The van der Waals surface area contributed by atoms with Crippen molar-refractivity contribution >= 4 is 5.97 Å². The van der Waals surface area contributed by atoms with Crippen LogP contribution in [-0.2, 0) is 9.53 Å². The molecule has 1 rings (SSSR count). The third kappa shape index (κ3) is 4.20. The van der Waals surface area contributed by atoms with Crippen LogP contribution in [0.5, 0.6) is 0 Å². The lowest BCUT2D eigenvalue weighted by Crippen LogP contribution is -2.28. The first-order valence-corrected chi connectivity index (χ1v) is 5.95. The predicted octanol–water partition coefficient (Wildman–Crippen LogP) is 2.13. The van der Waals surface area contributed by atoms with Crippen molar-refractivity contribution in [2.75, 3.05) is 6.61 Å². The van der Waals surface area contributed by atoms with Gasteiger partial charge in [0.15, 0.2) is 0 Å². The van der Waals surface area contributed by atoms with Crippen LogP contribution in [0.2, 0.25) is 0 Å². The molecule has 0 aromatic heterocycles. The molecule has 0 heterocycles. The van der Waals surface area contributed by atoms with Crippen molar-refractivity contribution < 1.29 is 14.6 Å². The van der Waals surface area contributed by atoms with Crippen molar-refractivity contribution in [3.63, 3.8) is 0 Å². The average molecular weight is 214 g/mol. The molecule has 1 fully saturated rings. The van der Waals surface area contributed by atoms with Gasteiger partial charge in [-0.05, 0) is 37.5 Å². The van der Waals surface area contributed by atoms with E-state index in [4.69, 9.17) is 4.74 Å². The summed E-state index contributed by atoms with van der Waals surface area (Å²) in [5.74, 6) is 0.659. The molecule has 1 saturated carbocycles. The molecule has 3 nitrogen and oxygen atoms in total. The fraction of sp³-hybridized carbons (Fsp3) is 0.917. The van der Waals surface area contributed by atoms with Crippen LogP contribution in [0.15, 0.2) is 0 Å². The van der Waals surface area contributed by atoms with E-state index < -0.39 is 0 Å². The SMILES string of the molecule is CCC(O)C1CCCC(COC(C)=O)C1. The van der Waals surface area contributed by atoms with E-state index in [1.165, 1.54) is 6.92 Å². The Morgan fingerprint density at radius 3 is 2.87 bits per heavy atom. The lowest BCUT2D eigenvalue weighted by Gasteiger charge is -2.31. The Bertz CT molecular complexity index is 203. The number of carbonyl (C=O) groups excluding carboxylic acids is 1. The van der Waals surface area contributed by atoms with E-state index in [1.807, 2.05) is 6.92 Å². The van der Waals surface area contributed by atoms with Crippen molar-refractivity contribution in [3.05, 3.63) is 0 Å². The highest BCUT2D eigenvalue weighted by Gasteiger charge is 2.26. The zero-order chi connectivity index (χ0) is 11.3. The standard InChI is InChI=1S/C12H22O3/c1-3-12(14)11-6-4-5-10(7-11)8-15-9(2)13/h10-12,14H,3-8H2,1-2H3. The van der Waals surface area contributed by atoms with Gasteiger partial charge >= 0.3 is 5.97 Å². The van der Waals surface area contributed by atoms with Gasteiger partial charge in [0.2, 0.25) is 0 Å². The van der Waals surface area contributed by atoms with Crippen LogP contribution < -0.4 is 0 Å². The van der Waals surface area contributed by atoms with Crippen molar-refractivity contribution in [2.24, 2.45) is 11.8 Å². The number of hydrogen-bond donors (Lipinski definition) is 1. The van der Waals surface area contributed by atoms with Crippen molar-refractivity contribution in [1.29, 1.82) is 0 Å². The molecular weight excluding hydrogens is 192 g/mol. The van der Waals surface area contributed by atoms with Gasteiger partial charge in [-0.2, -0.15) is 0 Å². The Balaban J connectivity index is 2.32. The molecule has 3 unspecified atom stereocenters. The molecular formula is C12H22O3. The third-order valence-electron chi connectivity index (χ3n) is 3.31. The molecule has 0 aromatic rings. The van der Waals surface area contributed by atoms with E-state index in [-0.39, 0.29) is 12.1 Å². The molecule has 0 amide bonds.